The van der Waals surface area contributed by atoms with Crippen molar-refractivity contribution in [3.05, 3.63) is 33.8 Å². The van der Waals surface area contributed by atoms with Gasteiger partial charge in [-0.05, 0) is 45.2 Å². The van der Waals surface area contributed by atoms with Crippen molar-refractivity contribution in [3.8, 4) is 0 Å². The van der Waals surface area contributed by atoms with Gasteiger partial charge in [-0.25, -0.2) is 9.37 Å². The molecule has 0 aromatic carbocycles. The predicted molar refractivity (Wildman–Crippen MR) is 131 cm³/mol. The highest BCUT2D eigenvalue weighted by Gasteiger charge is 2.51. The molecule has 12 heteroatoms. The maximum Gasteiger partial charge on any atom is 0.359 e. The highest BCUT2D eigenvalue weighted by atomic mass is 32.1. The van der Waals surface area contributed by atoms with Gasteiger partial charge in [0.25, 0.3) is 0 Å². The number of halogens is 1. The second-order valence-corrected chi connectivity index (χ2v) is 12.2. The standard InChI is InChI=1S/C23H34FN2O7PS/c1-7-23(8-2,33-34(29,30)22(4,5)31-6)10-16-17(27)18(28)19(32-16)14-9-13-12(3)15(24)11-25-20(13)26-21(14)35/h9,11,16-19,27-28H,7-8,10H2,1-6H3,(H,29,30)(H,25,26,35). The molecule has 0 bridgehead atoms. The van der Waals surface area contributed by atoms with Crippen molar-refractivity contribution < 1.29 is 38.1 Å². The highest BCUT2D eigenvalue weighted by molar-refractivity contribution is 7.71. The Morgan fingerprint density at radius 2 is 1.91 bits per heavy atom. The monoisotopic (exact) mass is 532 g/mol. The number of fused-ring (bicyclic) bond motifs is 1. The molecule has 1 aliphatic rings. The molecular formula is C23H34FN2O7PS. The number of rotatable bonds is 9. The van der Waals surface area contributed by atoms with E-state index in [1.807, 2.05) is 13.8 Å². The molecule has 5 atom stereocenters. The lowest BCUT2D eigenvalue weighted by molar-refractivity contribution is -0.0629. The van der Waals surface area contributed by atoms with Gasteiger partial charge in [0.2, 0.25) is 0 Å². The number of hydrogen-bond donors (Lipinski definition) is 4. The molecule has 0 amide bonds. The number of nitrogens with one attached hydrogen (secondary N) is 1. The number of methoxy groups -OCH3 is 1. The molecule has 4 N–H and O–H groups in total. The van der Waals surface area contributed by atoms with Crippen molar-refractivity contribution in [1.29, 1.82) is 0 Å². The summed E-state index contributed by atoms with van der Waals surface area (Å²) >= 11 is 5.43. The van der Waals surface area contributed by atoms with Crippen molar-refractivity contribution in [2.24, 2.45) is 0 Å². The molecule has 0 radical (unpaired) electrons. The number of aryl methyl sites for hydroxylation is 1. The summed E-state index contributed by atoms with van der Waals surface area (Å²) in [6.07, 6.45) is -2.74. The molecule has 1 aliphatic heterocycles. The topological polar surface area (TPSA) is 134 Å². The minimum atomic E-state index is -4.25. The van der Waals surface area contributed by atoms with Crippen LogP contribution in [-0.2, 0) is 18.6 Å². The number of H-pyrrole nitrogens is 1. The third-order valence-electron chi connectivity index (χ3n) is 7.15. The second kappa shape index (κ2) is 10.2. The molecule has 0 saturated carbocycles. The average Bonchev–Trinajstić information content (AvgIpc) is 3.08. The Labute approximate surface area is 209 Å². The molecule has 35 heavy (non-hydrogen) atoms. The van der Waals surface area contributed by atoms with Crippen LogP contribution in [-0.4, -0.2) is 61.4 Å². The van der Waals surface area contributed by atoms with Gasteiger partial charge in [0.15, 0.2) is 5.34 Å². The van der Waals surface area contributed by atoms with Gasteiger partial charge in [0.1, 0.15) is 34.4 Å². The molecule has 5 unspecified atom stereocenters. The average molecular weight is 533 g/mol. The summed E-state index contributed by atoms with van der Waals surface area (Å²) in [5.41, 5.74) is 0.00270. The van der Waals surface area contributed by atoms with E-state index in [1.54, 1.807) is 13.0 Å². The lowest BCUT2D eigenvalue weighted by Crippen LogP contribution is -2.41. The smallest absolute Gasteiger partial charge is 0.359 e. The summed E-state index contributed by atoms with van der Waals surface area (Å²) in [5, 5.41) is 20.7. The first-order valence-corrected chi connectivity index (χ1v) is 13.5. The lowest BCUT2D eigenvalue weighted by Gasteiger charge is -2.39. The third kappa shape index (κ3) is 5.24. The van der Waals surface area contributed by atoms with Crippen LogP contribution in [0, 0.1) is 17.4 Å². The number of hydrogen-bond acceptors (Lipinski definition) is 8. The van der Waals surface area contributed by atoms with Gasteiger partial charge in [-0.2, -0.15) is 0 Å². The summed E-state index contributed by atoms with van der Waals surface area (Å²) in [6, 6.07) is 1.61. The van der Waals surface area contributed by atoms with Gasteiger partial charge in [0, 0.05) is 24.5 Å². The van der Waals surface area contributed by atoms with E-state index >= 15 is 0 Å². The van der Waals surface area contributed by atoms with Gasteiger partial charge in [-0.3, -0.25) is 9.09 Å². The summed E-state index contributed by atoms with van der Waals surface area (Å²) in [7, 11) is -2.92. The van der Waals surface area contributed by atoms with Gasteiger partial charge in [-0.15, -0.1) is 0 Å². The lowest BCUT2D eigenvalue weighted by atomic mass is 9.88. The minimum absolute atomic E-state index is 0.0400. The van der Waals surface area contributed by atoms with Gasteiger partial charge >= 0.3 is 7.60 Å². The van der Waals surface area contributed by atoms with Crippen molar-refractivity contribution in [2.75, 3.05) is 7.11 Å². The molecule has 1 saturated heterocycles. The molecule has 3 rings (SSSR count). The summed E-state index contributed by atoms with van der Waals surface area (Å²) in [5.74, 6) is -0.486. The van der Waals surface area contributed by atoms with E-state index in [4.69, 9.17) is 26.2 Å². The van der Waals surface area contributed by atoms with Crippen LogP contribution in [0.3, 0.4) is 0 Å². The van der Waals surface area contributed by atoms with E-state index in [1.165, 1.54) is 21.0 Å². The molecule has 2 aromatic heterocycles. The van der Waals surface area contributed by atoms with E-state index in [0.717, 1.165) is 6.20 Å². The number of nitrogens with zero attached hydrogens (tertiary/aromatic N) is 1. The fourth-order valence-electron chi connectivity index (χ4n) is 4.22. The van der Waals surface area contributed by atoms with E-state index in [0.29, 0.717) is 35.0 Å². The molecule has 0 spiro atoms. The van der Waals surface area contributed by atoms with E-state index in [-0.39, 0.29) is 11.1 Å². The Kier molecular flexibility index (Phi) is 8.26. The molecule has 0 aliphatic carbocycles. The normalized spacial score (nSPS) is 25.2. The number of aromatic amines is 1. The van der Waals surface area contributed by atoms with Crippen molar-refractivity contribution in [1.82, 2.24) is 9.97 Å². The molecular weight excluding hydrogens is 498 g/mol. The van der Waals surface area contributed by atoms with E-state index in [2.05, 4.69) is 9.97 Å². The molecule has 3 heterocycles. The SMILES string of the molecule is CCC(CC)(CC1OC(c2cc3c(C)c(F)cnc3[nH]c2=S)C(O)C1O)OP(=O)(O)C(C)(C)OC. The van der Waals surface area contributed by atoms with Crippen LogP contribution < -0.4 is 0 Å². The fraction of sp³-hybridized carbons (Fsp3) is 0.652. The first-order valence-electron chi connectivity index (χ1n) is 11.5. The zero-order chi connectivity index (χ0) is 26.3. The van der Waals surface area contributed by atoms with Crippen LogP contribution in [0.4, 0.5) is 4.39 Å². The van der Waals surface area contributed by atoms with Gasteiger partial charge < -0.3 is 29.6 Å². The van der Waals surface area contributed by atoms with Crippen LogP contribution in [0.15, 0.2) is 12.3 Å². The number of aliphatic hydroxyl groups excluding tert-OH is 2. The number of pyridine rings is 2. The van der Waals surface area contributed by atoms with E-state index in [9.17, 15) is 24.1 Å². The Morgan fingerprint density at radius 3 is 2.49 bits per heavy atom. The highest BCUT2D eigenvalue weighted by Crippen LogP contribution is 2.59. The zero-order valence-electron chi connectivity index (χ0n) is 20.7. The number of ether oxygens (including phenoxy) is 2. The number of aromatic nitrogens is 2. The fourth-order valence-corrected chi connectivity index (χ4v) is 5.80. The quantitative estimate of drug-likeness (QED) is 0.273. The van der Waals surface area contributed by atoms with Crippen molar-refractivity contribution >= 4 is 30.8 Å². The van der Waals surface area contributed by atoms with Gasteiger partial charge in [-0.1, -0.05) is 26.1 Å². The van der Waals surface area contributed by atoms with Crippen LogP contribution in [0.5, 0.6) is 0 Å². The Hall–Kier alpha value is -1.30. The summed E-state index contributed by atoms with van der Waals surface area (Å²) in [6.45, 7) is 8.15. The Balaban J connectivity index is 1.93. The van der Waals surface area contributed by atoms with Crippen LogP contribution >= 0.6 is 19.8 Å². The molecule has 1 fully saturated rings. The summed E-state index contributed by atoms with van der Waals surface area (Å²) < 4.78 is 44.4. The van der Waals surface area contributed by atoms with E-state index < -0.39 is 48.8 Å². The zero-order valence-corrected chi connectivity index (χ0v) is 22.5. The van der Waals surface area contributed by atoms with Crippen LogP contribution in [0.25, 0.3) is 11.0 Å². The summed E-state index contributed by atoms with van der Waals surface area (Å²) in [4.78, 5) is 17.6. The van der Waals surface area contributed by atoms with Crippen LogP contribution in [0.2, 0.25) is 0 Å². The molecule has 9 nitrogen and oxygen atoms in total. The van der Waals surface area contributed by atoms with Crippen molar-refractivity contribution in [3.63, 3.8) is 0 Å². The first-order chi connectivity index (χ1) is 16.2. The maximum absolute atomic E-state index is 14.1. The predicted octanol–water partition coefficient (Wildman–Crippen LogP) is 4.44. The second-order valence-electron chi connectivity index (χ2n) is 9.48. The maximum atomic E-state index is 14.1. The van der Waals surface area contributed by atoms with Crippen LogP contribution in [0.1, 0.15) is 64.2 Å². The third-order valence-corrected chi connectivity index (χ3v) is 9.66. The minimum Gasteiger partial charge on any atom is -0.388 e. The number of aliphatic hydroxyl groups is 2. The first kappa shape index (κ1) is 28.3. The van der Waals surface area contributed by atoms with Crippen molar-refractivity contribution in [2.45, 2.75) is 89.2 Å². The van der Waals surface area contributed by atoms with Gasteiger partial charge in [0.05, 0.1) is 17.9 Å². The molecule has 2 aromatic rings. The Morgan fingerprint density at radius 1 is 1.29 bits per heavy atom. The Bertz CT molecular complexity index is 1190. The largest absolute Gasteiger partial charge is 0.388 e. The molecule has 196 valence electrons.